The van der Waals surface area contributed by atoms with E-state index in [0.29, 0.717) is 6.07 Å². The van der Waals surface area contributed by atoms with Crippen molar-refractivity contribution >= 4 is 6.09 Å². The molecule has 0 fully saturated rings. The van der Waals surface area contributed by atoms with Crippen molar-refractivity contribution in [2.45, 2.75) is 6.61 Å². The van der Waals surface area contributed by atoms with Gasteiger partial charge in [0.2, 0.25) is 0 Å². The fraction of sp³-hybridized carbons (Fsp3) is 0.167. The van der Waals surface area contributed by atoms with E-state index in [9.17, 15) is 13.6 Å². The highest BCUT2D eigenvalue weighted by Crippen LogP contribution is 2.22. The SMILES string of the molecule is COc1c(F)cc(F)cc1C#CCNC(=O)OCc1ccccc1. The molecule has 0 spiro atoms. The molecular formula is C18H15F2NO3. The van der Waals surface area contributed by atoms with E-state index in [0.717, 1.165) is 11.6 Å². The summed E-state index contributed by atoms with van der Waals surface area (Å²) in [5, 5.41) is 2.43. The molecule has 0 aromatic heterocycles. The van der Waals surface area contributed by atoms with Crippen LogP contribution in [0.1, 0.15) is 11.1 Å². The summed E-state index contributed by atoms with van der Waals surface area (Å²) in [6, 6.07) is 11.0. The normalized spacial score (nSPS) is 9.62. The van der Waals surface area contributed by atoms with E-state index >= 15 is 0 Å². The average molecular weight is 331 g/mol. The predicted octanol–water partition coefficient (Wildman–Crippen LogP) is 3.25. The lowest BCUT2D eigenvalue weighted by Crippen LogP contribution is -2.24. The number of carbonyl (C=O) groups excluding carboxylic acids is 1. The Balaban J connectivity index is 1.86. The van der Waals surface area contributed by atoms with Crippen molar-refractivity contribution in [3.8, 4) is 17.6 Å². The third-order valence-electron chi connectivity index (χ3n) is 2.97. The van der Waals surface area contributed by atoms with Gasteiger partial charge in [-0.05, 0) is 11.6 Å². The predicted molar refractivity (Wildman–Crippen MR) is 84.4 cm³/mol. The topological polar surface area (TPSA) is 47.6 Å². The number of alkyl carbamates (subject to hydrolysis) is 1. The molecule has 0 saturated carbocycles. The molecule has 2 aromatic carbocycles. The quantitative estimate of drug-likeness (QED) is 0.875. The van der Waals surface area contributed by atoms with Crippen LogP contribution in [0.4, 0.5) is 13.6 Å². The Morgan fingerprint density at radius 2 is 1.96 bits per heavy atom. The zero-order chi connectivity index (χ0) is 17.4. The Morgan fingerprint density at radius 3 is 2.67 bits per heavy atom. The van der Waals surface area contributed by atoms with E-state index in [1.165, 1.54) is 7.11 Å². The highest BCUT2D eigenvalue weighted by molar-refractivity contribution is 5.67. The number of ether oxygens (including phenoxy) is 2. The van der Waals surface area contributed by atoms with E-state index in [4.69, 9.17) is 9.47 Å². The molecule has 1 amide bonds. The van der Waals surface area contributed by atoms with Gasteiger partial charge in [0, 0.05) is 6.07 Å². The van der Waals surface area contributed by atoms with Crippen molar-refractivity contribution in [1.82, 2.24) is 5.32 Å². The minimum absolute atomic E-state index is 0.0328. The number of methoxy groups -OCH3 is 1. The van der Waals surface area contributed by atoms with Gasteiger partial charge in [0.25, 0.3) is 0 Å². The molecule has 0 saturated heterocycles. The second-order valence-electron chi connectivity index (χ2n) is 4.69. The Hall–Kier alpha value is -3.07. The number of rotatable bonds is 4. The summed E-state index contributed by atoms with van der Waals surface area (Å²) >= 11 is 0. The highest BCUT2D eigenvalue weighted by Gasteiger charge is 2.10. The Kier molecular flexibility index (Phi) is 6.15. The first-order chi connectivity index (χ1) is 11.6. The maximum atomic E-state index is 13.5. The molecule has 24 heavy (non-hydrogen) atoms. The number of halogens is 2. The lowest BCUT2D eigenvalue weighted by molar-refractivity contribution is 0.141. The Morgan fingerprint density at radius 1 is 1.21 bits per heavy atom. The number of carbonyl (C=O) groups is 1. The van der Waals surface area contributed by atoms with Crippen LogP contribution in [0.2, 0.25) is 0 Å². The second kappa shape index (κ2) is 8.53. The van der Waals surface area contributed by atoms with Crippen molar-refractivity contribution in [2.24, 2.45) is 0 Å². The molecule has 6 heteroatoms. The monoisotopic (exact) mass is 331 g/mol. The molecule has 0 atom stereocenters. The number of hydrogen-bond acceptors (Lipinski definition) is 3. The maximum Gasteiger partial charge on any atom is 0.408 e. The van der Waals surface area contributed by atoms with Gasteiger partial charge in [0.15, 0.2) is 11.6 Å². The summed E-state index contributed by atoms with van der Waals surface area (Å²) in [5.74, 6) is 3.40. The summed E-state index contributed by atoms with van der Waals surface area (Å²) in [5.41, 5.74) is 0.924. The van der Waals surface area contributed by atoms with Crippen LogP contribution in [0.25, 0.3) is 0 Å². The molecular weight excluding hydrogens is 316 g/mol. The molecule has 0 aliphatic rings. The second-order valence-corrected chi connectivity index (χ2v) is 4.69. The Labute approximate surface area is 138 Å². The van der Waals surface area contributed by atoms with Gasteiger partial charge in [-0.3, -0.25) is 0 Å². The fourth-order valence-corrected chi connectivity index (χ4v) is 1.89. The minimum atomic E-state index is -0.836. The standard InChI is InChI=1S/C18H15F2NO3/c1-23-17-14(10-15(19)11-16(17)20)8-5-9-21-18(22)24-12-13-6-3-2-4-7-13/h2-4,6-7,10-11H,9,12H2,1H3,(H,21,22). The molecule has 0 radical (unpaired) electrons. The van der Waals surface area contributed by atoms with Gasteiger partial charge in [0.05, 0.1) is 19.2 Å². The van der Waals surface area contributed by atoms with E-state index in [2.05, 4.69) is 17.2 Å². The lowest BCUT2D eigenvalue weighted by atomic mass is 10.2. The first-order valence-electron chi connectivity index (χ1n) is 7.06. The molecule has 0 bridgehead atoms. The molecule has 124 valence electrons. The van der Waals surface area contributed by atoms with Crippen LogP contribution < -0.4 is 10.1 Å². The zero-order valence-electron chi connectivity index (χ0n) is 12.9. The first kappa shape index (κ1) is 17.3. The number of hydrogen-bond donors (Lipinski definition) is 1. The average Bonchev–Trinajstić information content (AvgIpc) is 2.57. The molecule has 0 heterocycles. The van der Waals surface area contributed by atoms with Gasteiger partial charge in [-0.15, -0.1) is 0 Å². The lowest BCUT2D eigenvalue weighted by Gasteiger charge is -2.05. The van der Waals surface area contributed by atoms with Crippen LogP contribution in [-0.4, -0.2) is 19.7 Å². The first-order valence-corrected chi connectivity index (χ1v) is 7.06. The molecule has 0 aliphatic heterocycles. The third-order valence-corrected chi connectivity index (χ3v) is 2.97. The van der Waals surface area contributed by atoms with Gasteiger partial charge in [-0.2, -0.15) is 0 Å². The molecule has 0 aliphatic carbocycles. The van der Waals surface area contributed by atoms with Gasteiger partial charge in [-0.1, -0.05) is 42.2 Å². The summed E-state index contributed by atoms with van der Waals surface area (Å²) in [6.45, 7) is 0.109. The van der Waals surface area contributed by atoms with E-state index in [1.54, 1.807) is 0 Å². The number of benzene rings is 2. The summed E-state index contributed by atoms with van der Waals surface area (Å²) in [6.07, 6.45) is -0.634. The van der Waals surface area contributed by atoms with Crippen LogP contribution in [0, 0.1) is 23.5 Å². The smallest absolute Gasteiger partial charge is 0.408 e. The van der Waals surface area contributed by atoms with Gasteiger partial charge >= 0.3 is 6.09 Å². The van der Waals surface area contributed by atoms with E-state index in [-0.39, 0.29) is 24.5 Å². The van der Waals surface area contributed by atoms with Gasteiger partial charge < -0.3 is 14.8 Å². The highest BCUT2D eigenvalue weighted by atomic mass is 19.1. The van der Waals surface area contributed by atoms with Gasteiger partial charge in [-0.25, -0.2) is 13.6 Å². The maximum absolute atomic E-state index is 13.5. The van der Waals surface area contributed by atoms with Crippen LogP contribution in [-0.2, 0) is 11.3 Å². The van der Waals surface area contributed by atoms with Crippen molar-refractivity contribution in [3.63, 3.8) is 0 Å². The zero-order valence-corrected chi connectivity index (χ0v) is 12.9. The largest absolute Gasteiger partial charge is 0.492 e. The van der Waals surface area contributed by atoms with Gasteiger partial charge in [0.1, 0.15) is 12.4 Å². The fourth-order valence-electron chi connectivity index (χ4n) is 1.89. The van der Waals surface area contributed by atoms with Crippen molar-refractivity contribution in [1.29, 1.82) is 0 Å². The molecule has 2 aromatic rings. The van der Waals surface area contributed by atoms with Crippen LogP contribution in [0.3, 0.4) is 0 Å². The van der Waals surface area contributed by atoms with Crippen LogP contribution >= 0.6 is 0 Å². The molecule has 1 N–H and O–H groups in total. The van der Waals surface area contributed by atoms with Crippen molar-refractivity contribution in [3.05, 3.63) is 65.2 Å². The Bertz CT molecular complexity index is 767. The van der Waals surface area contributed by atoms with Crippen LogP contribution in [0.5, 0.6) is 5.75 Å². The summed E-state index contributed by atoms with van der Waals surface area (Å²) < 4.78 is 36.5. The molecule has 0 unspecified atom stereocenters. The summed E-state index contributed by atoms with van der Waals surface area (Å²) in [7, 11) is 1.26. The molecule has 2 rings (SSSR count). The van der Waals surface area contributed by atoms with E-state index in [1.807, 2.05) is 30.3 Å². The van der Waals surface area contributed by atoms with E-state index < -0.39 is 17.7 Å². The molecule has 4 nitrogen and oxygen atoms in total. The number of nitrogens with one attached hydrogen (secondary N) is 1. The summed E-state index contributed by atoms with van der Waals surface area (Å²) in [4.78, 5) is 11.5. The van der Waals surface area contributed by atoms with Crippen molar-refractivity contribution in [2.75, 3.05) is 13.7 Å². The minimum Gasteiger partial charge on any atom is -0.492 e. The third kappa shape index (κ3) is 4.99. The van der Waals surface area contributed by atoms with Crippen LogP contribution in [0.15, 0.2) is 42.5 Å². The van der Waals surface area contributed by atoms with Crippen molar-refractivity contribution < 1.29 is 23.0 Å². The number of amides is 1.